The van der Waals surface area contributed by atoms with E-state index in [4.69, 9.17) is 4.99 Å². The molecule has 0 amide bonds. The van der Waals surface area contributed by atoms with Gasteiger partial charge in [-0.1, -0.05) is 6.92 Å². The monoisotopic (exact) mass is 492 g/mol. The van der Waals surface area contributed by atoms with Gasteiger partial charge in [-0.15, -0.1) is 34.2 Å². The van der Waals surface area contributed by atoms with Gasteiger partial charge in [0.15, 0.2) is 5.96 Å². The molecule has 0 atom stereocenters. The van der Waals surface area contributed by atoms with Crippen molar-refractivity contribution >= 4 is 29.9 Å². The van der Waals surface area contributed by atoms with Gasteiger partial charge in [0.1, 0.15) is 12.2 Å². The van der Waals surface area contributed by atoms with Crippen LogP contribution in [0.4, 0.5) is 0 Å². The van der Waals surface area contributed by atoms with E-state index in [0.29, 0.717) is 0 Å². The lowest BCUT2D eigenvalue weighted by Crippen LogP contribution is -2.44. The minimum atomic E-state index is 0. The zero-order valence-corrected chi connectivity index (χ0v) is 19.5. The second-order valence-corrected chi connectivity index (χ2v) is 6.83. The number of rotatable bonds is 10. The first-order valence-electron chi connectivity index (χ1n) is 10.0. The molecule has 1 fully saturated rings. The summed E-state index contributed by atoms with van der Waals surface area (Å²) in [5, 5.41) is 14.8. The molecular formula is C18H37IN8. The molecule has 2 rings (SSSR count). The summed E-state index contributed by atoms with van der Waals surface area (Å²) in [4.78, 5) is 9.67. The van der Waals surface area contributed by atoms with E-state index >= 15 is 0 Å². The van der Waals surface area contributed by atoms with Crippen molar-refractivity contribution in [2.24, 2.45) is 4.99 Å². The van der Waals surface area contributed by atoms with E-state index in [9.17, 15) is 0 Å². The molecule has 1 aliphatic rings. The summed E-state index contributed by atoms with van der Waals surface area (Å²) < 4.78 is 2.09. The van der Waals surface area contributed by atoms with Crippen molar-refractivity contribution in [1.82, 2.24) is 35.2 Å². The number of hydrogen-bond acceptors (Lipinski definition) is 5. The molecule has 1 aliphatic heterocycles. The van der Waals surface area contributed by atoms with Crippen LogP contribution in [0.3, 0.4) is 0 Å². The van der Waals surface area contributed by atoms with Crippen molar-refractivity contribution in [2.75, 3.05) is 59.4 Å². The van der Waals surface area contributed by atoms with Gasteiger partial charge in [-0.2, -0.15) is 0 Å². The number of piperazine rings is 1. The Bertz CT molecular complexity index is 525. The third-order valence-corrected chi connectivity index (χ3v) is 4.75. The zero-order chi connectivity index (χ0) is 18.6. The molecule has 156 valence electrons. The molecule has 0 spiro atoms. The number of unbranched alkanes of at least 4 members (excludes halogenated alkanes) is 1. The van der Waals surface area contributed by atoms with Crippen LogP contribution in [0.25, 0.3) is 0 Å². The molecule has 0 aliphatic carbocycles. The molecule has 2 heterocycles. The third kappa shape index (κ3) is 9.20. The molecule has 2 N–H and O–H groups in total. The fourth-order valence-corrected chi connectivity index (χ4v) is 3.09. The van der Waals surface area contributed by atoms with Crippen LogP contribution in [0.2, 0.25) is 0 Å². The zero-order valence-electron chi connectivity index (χ0n) is 17.2. The summed E-state index contributed by atoms with van der Waals surface area (Å²) in [6.07, 6.45) is 5.05. The lowest BCUT2D eigenvalue weighted by Gasteiger charge is -2.32. The third-order valence-electron chi connectivity index (χ3n) is 4.75. The molecule has 8 nitrogen and oxygen atoms in total. The maximum Gasteiger partial charge on any atom is 0.191 e. The topological polar surface area (TPSA) is 73.6 Å². The van der Waals surface area contributed by atoms with E-state index in [1.54, 1.807) is 6.33 Å². The first-order chi connectivity index (χ1) is 12.7. The summed E-state index contributed by atoms with van der Waals surface area (Å²) in [5.41, 5.74) is 0. The quantitative estimate of drug-likeness (QED) is 0.220. The van der Waals surface area contributed by atoms with E-state index < -0.39 is 0 Å². The SMILES string of the molecule is CCNC(=NCCCCN1CCN(C)CC1)NCCn1cnnc1CC.I. The number of hydrogen-bond donors (Lipinski definition) is 2. The standard InChI is InChI=1S/C18H36N8.HI/c1-4-17-23-22-16-26(17)11-9-21-18(19-5-2)20-8-6-7-10-25-14-12-24(3)13-15-25;/h16H,4-15H2,1-3H3,(H2,19,20,21);1H. The summed E-state index contributed by atoms with van der Waals surface area (Å²) in [6.45, 7) is 13.6. The van der Waals surface area contributed by atoms with E-state index in [1.165, 1.54) is 39.1 Å². The Hall–Kier alpha value is -0.940. The second-order valence-electron chi connectivity index (χ2n) is 6.83. The number of likely N-dealkylation sites (N-methyl/N-ethyl adjacent to an activating group) is 1. The minimum Gasteiger partial charge on any atom is -0.357 e. The fourth-order valence-electron chi connectivity index (χ4n) is 3.09. The Balaban J connectivity index is 0.00000364. The number of guanidine groups is 1. The number of aryl methyl sites for hydroxylation is 1. The highest BCUT2D eigenvalue weighted by Crippen LogP contribution is 2.01. The summed E-state index contributed by atoms with van der Waals surface area (Å²) in [5.74, 6) is 1.93. The van der Waals surface area contributed by atoms with Crippen molar-refractivity contribution in [3.05, 3.63) is 12.2 Å². The van der Waals surface area contributed by atoms with Gasteiger partial charge in [-0.25, -0.2) is 0 Å². The van der Waals surface area contributed by atoms with E-state index in [-0.39, 0.29) is 24.0 Å². The number of aromatic nitrogens is 3. The summed E-state index contributed by atoms with van der Waals surface area (Å²) >= 11 is 0. The van der Waals surface area contributed by atoms with Crippen molar-refractivity contribution in [3.63, 3.8) is 0 Å². The van der Waals surface area contributed by atoms with Crippen LogP contribution in [0.1, 0.15) is 32.5 Å². The van der Waals surface area contributed by atoms with Gasteiger partial charge in [0, 0.05) is 58.8 Å². The highest BCUT2D eigenvalue weighted by atomic mass is 127. The Morgan fingerprint density at radius 1 is 1.11 bits per heavy atom. The molecule has 1 saturated heterocycles. The van der Waals surface area contributed by atoms with Crippen LogP contribution >= 0.6 is 24.0 Å². The van der Waals surface area contributed by atoms with Crippen molar-refractivity contribution in [2.45, 2.75) is 39.7 Å². The molecule has 1 aromatic rings. The van der Waals surface area contributed by atoms with E-state index in [0.717, 1.165) is 50.8 Å². The molecule has 27 heavy (non-hydrogen) atoms. The van der Waals surface area contributed by atoms with Crippen molar-refractivity contribution in [1.29, 1.82) is 0 Å². The molecule has 0 unspecified atom stereocenters. The predicted octanol–water partition coefficient (Wildman–Crippen LogP) is 1.04. The Labute approximate surface area is 181 Å². The van der Waals surface area contributed by atoms with Crippen LogP contribution in [0.5, 0.6) is 0 Å². The van der Waals surface area contributed by atoms with Crippen molar-refractivity contribution in [3.8, 4) is 0 Å². The molecule has 0 radical (unpaired) electrons. The molecule has 0 saturated carbocycles. The van der Waals surface area contributed by atoms with Crippen LogP contribution in [0, 0.1) is 0 Å². The van der Waals surface area contributed by atoms with E-state index in [1.807, 2.05) is 0 Å². The number of aliphatic imine (C=N–C) groups is 1. The van der Waals surface area contributed by atoms with Gasteiger partial charge >= 0.3 is 0 Å². The molecule has 0 bridgehead atoms. The second kappa shape index (κ2) is 14.1. The molecule has 9 heteroatoms. The Morgan fingerprint density at radius 2 is 1.89 bits per heavy atom. The molecule has 1 aromatic heterocycles. The summed E-state index contributed by atoms with van der Waals surface area (Å²) in [6, 6.07) is 0. The largest absolute Gasteiger partial charge is 0.357 e. The fraction of sp³-hybridized carbons (Fsp3) is 0.833. The first kappa shape index (κ1) is 24.1. The molecular weight excluding hydrogens is 455 g/mol. The van der Waals surface area contributed by atoms with Gasteiger partial charge in [0.05, 0.1) is 0 Å². The van der Waals surface area contributed by atoms with Gasteiger partial charge in [-0.05, 0) is 33.4 Å². The number of nitrogens with zero attached hydrogens (tertiary/aromatic N) is 6. The number of halogens is 1. The summed E-state index contributed by atoms with van der Waals surface area (Å²) in [7, 11) is 2.20. The van der Waals surface area contributed by atoms with Crippen LogP contribution in [-0.2, 0) is 13.0 Å². The normalized spacial score (nSPS) is 16.2. The lowest BCUT2D eigenvalue weighted by atomic mass is 10.2. The van der Waals surface area contributed by atoms with Gasteiger partial charge in [0.25, 0.3) is 0 Å². The lowest BCUT2D eigenvalue weighted by molar-refractivity contribution is 0.152. The first-order valence-corrected chi connectivity index (χ1v) is 10.0. The highest BCUT2D eigenvalue weighted by molar-refractivity contribution is 14.0. The minimum absolute atomic E-state index is 0. The maximum atomic E-state index is 4.70. The van der Waals surface area contributed by atoms with Gasteiger partial charge in [0.2, 0.25) is 0 Å². The average Bonchev–Trinajstić information content (AvgIpc) is 3.10. The predicted molar refractivity (Wildman–Crippen MR) is 122 cm³/mol. The molecule has 0 aromatic carbocycles. The maximum absolute atomic E-state index is 4.70. The average molecular weight is 492 g/mol. The van der Waals surface area contributed by atoms with Crippen LogP contribution in [0.15, 0.2) is 11.3 Å². The number of nitrogens with one attached hydrogen (secondary N) is 2. The smallest absolute Gasteiger partial charge is 0.191 e. The van der Waals surface area contributed by atoms with Crippen LogP contribution in [-0.4, -0.2) is 89.9 Å². The van der Waals surface area contributed by atoms with Crippen LogP contribution < -0.4 is 10.6 Å². The Morgan fingerprint density at radius 3 is 2.59 bits per heavy atom. The Kier molecular flexibility index (Phi) is 12.6. The van der Waals surface area contributed by atoms with E-state index in [2.05, 4.69) is 56.1 Å². The van der Waals surface area contributed by atoms with Gasteiger partial charge in [-0.3, -0.25) is 4.99 Å². The van der Waals surface area contributed by atoms with Gasteiger partial charge < -0.3 is 25.0 Å². The highest BCUT2D eigenvalue weighted by Gasteiger charge is 2.12. The van der Waals surface area contributed by atoms with Crippen molar-refractivity contribution < 1.29 is 0 Å².